The van der Waals surface area contributed by atoms with Crippen molar-refractivity contribution in [3.05, 3.63) is 36.4 Å². The highest BCUT2D eigenvalue weighted by atomic mass is 16.1. The minimum absolute atomic E-state index is 0.0692. The number of aromatic nitrogens is 4. The summed E-state index contributed by atoms with van der Waals surface area (Å²) in [5, 5.41) is 6.94. The number of hydrogen-bond acceptors (Lipinski definition) is 4. The highest BCUT2D eigenvalue weighted by molar-refractivity contribution is 5.89. The smallest absolute Gasteiger partial charge is 0.228 e. The maximum absolute atomic E-state index is 12.0. The van der Waals surface area contributed by atoms with Gasteiger partial charge in [0.15, 0.2) is 0 Å². The van der Waals surface area contributed by atoms with E-state index < -0.39 is 0 Å². The summed E-state index contributed by atoms with van der Waals surface area (Å²) in [4.78, 5) is 20.0. The van der Waals surface area contributed by atoms with Crippen LogP contribution in [0.1, 0.15) is 32.8 Å². The van der Waals surface area contributed by atoms with Crippen LogP contribution in [0.3, 0.4) is 0 Å². The number of aryl methyl sites for hydroxylation is 1. The highest BCUT2D eigenvalue weighted by Gasteiger charge is 2.19. The number of pyridine rings is 1. The zero-order valence-corrected chi connectivity index (χ0v) is 12.0. The summed E-state index contributed by atoms with van der Waals surface area (Å²) < 4.78 is 1.71. The van der Waals surface area contributed by atoms with E-state index in [1.807, 2.05) is 32.9 Å². The van der Waals surface area contributed by atoms with Crippen LogP contribution in [0.5, 0.6) is 0 Å². The number of amides is 1. The van der Waals surface area contributed by atoms with Crippen molar-refractivity contribution in [1.82, 2.24) is 19.7 Å². The Hall–Kier alpha value is -2.24. The van der Waals surface area contributed by atoms with Crippen LogP contribution < -0.4 is 5.32 Å². The Morgan fingerprint density at radius 3 is 2.65 bits per heavy atom. The number of nitrogens with zero attached hydrogens (tertiary/aromatic N) is 4. The normalized spacial score (nSPS) is 11.3. The molecule has 0 bridgehead atoms. The van der Waals surface area contributed by atoms with Gasteiger partial charge >= 0.3 is 0 Å². The maximum Gasteiger partial charge on any atom is 0.228 e. The van der Waals surface area contributed by atoms with E-state index in [1.165, 1.54) is 6.33 Å². The fourth-order valence-electron chi connectivity index (χ4n) is 1.81. The quantitative estimate of drug-likeness (QED) is 0.924. The molecule has 2 heterocycles. The van der Waals surface area contributed by atoms with Crippen LogP contribution in [0, 0.1) is 0 Å². The van der Waals surface area contributed by atoms with E-state index in [0.29, 0.717) is 18.8 Å². The summed E-state index contributed by atoms with van der Waals surface area (Å²) >= 11 is 0. The Morgan fingerprint density at radius 2 is 2.00 bits per heavy atom. The van der Waals surface area contributed by atoms with Gasteiger partial charge in [0.25, 0.3) is 0 Å². The van der Waals surface area contributed by atoms with Crippen LogP contribution in [0.25, 0.3) is 0 Å². The second-order valence-electron chi connectivity index (χ2n) is 5.57. The van der Waals surface area contributed by atoms with Gasteiger partial charge in [-0.15, -0.1) is 0 Å². The Bertz CT molecular complexity index is 571. The molecule has 0 fully saturated rings. The SMILES string of the molecule is CC(C)(C)n1ncnc1NC(=O)CCc1ccncc1. The van der Waals surface area contributed by atoms with E-state index in [0.717, 1.165) is 5.56 Å². The molecule has 6 nitrogen and oxygen atoms in total. The van der Waals surface area contributed by atoms with Crippen molar-refractivity contribution in [2.45, 2.75) is 39.2 Å². The molecule has 0 aliphatic rings. The van der Waals surface area contributed by atoms with Crippen molar-refractivity contribution in [3.8, 4) is 0 Å². The zero-order chi connectivity index (χ0) is 14.6. The van der Waals surface area contributed by atoms with Gasteiger partial charge in [0.1, 0.15) is 6.33 Å². The predicted octanol–water partition coefficient (Wildman–Crippen LogP) is 2.00. The molecule has 0 aromatic carbocycles. The molecule has 0 radical (unpaired) electrons. The molecule has 0 aliphatic heterocycles. The summed E-state index contributed by atoms with van der Waals surface area (Å²) in [6.07, 6.45) is 5.98. The van der Waals surface area contributed by atoms with Crippen LogP contribution in [-0.4, -0.2) is 25.7 Å². The minimum atomic E-state index is -0.218. The first kappa shape index (κ1) is 14.2. The van der Waals surface area contributed by atoms with Gasteiger partial charge in [0.05, 0.1) is 5.54 Å². The van der Waals surface area contributed by atoms with Crippen LogP contribution in [-0.2, 0) is 16.8 Å². The zero-order valence-electron chi connectivity index (χ0n) is 12.0. The molecule has 0 unspecified atom stereocenters. The van der Waals surface area contributed by atoms with Crippen LogP contribution >= 0.6 is 0 Å². The fourth-order valence-corrected chi connectivity index (χ4v) is 1.81. The standard InChI is InChI=1S/C14H19N5O/c1-14(2,3)19-13(16-10-17-19)18-12(20)5-4-11-6-8-15-9-7-11/h6-10H,4-5H2,1-3H3,(H,16,17,18,20). The molecule has 1 N–H and O–H groups in total. The lowest BCUT2D eigenvalue weighted by atomic mass is 10.1. The van der Waals surface area contributed by atoms with Crippen molar-refractivity contribution >= 4 is 11.9 Å². The first-order valence-corrected chi connectivity index (χ1v) is 6.56. The van der Waals surface area contributed by atoms with Crippen LogP contribution in [0.2, 0.25) is 0 Å². The second kappa shape index (κ2) is 5.81. The number of carbonyl (C=O) groups excluding carboxylic acids is 1. The van der Waals surface area contributed by atoms with E-state index in [-0.39, 0.29) is 11.4 Å². The van der Waals surface area contributed by atoms with Gasteiger partial charge in [-0.2, -0.15) is 10.1 Å². The van der Waals surface area contributed by atoms with E-state index in [4.69, 9.17) is 0 Å². The van der Waals surface area contributed by atoms with Crippen molar-refractivity contribution in [2.75, 3.05) is 5.32 Å². The summed E-state index contributed by atoms with van der Waals surface area (Å²) in [5.41, 5.74) is 0.872. The van der Waals surface area contributed by atoms with E-state index >= 15 is 0 Å². The molecule has 0 aliphatic carbocycles. The van der Waals surface area contributed by atoms with Gasteiger partial charge in [-0.25, -0.2) is 4.68 Å². The van der Waals surface area contributed by atoms with E-state index in [2.05, 4.69) is 20.4 Å². The maximum atomic E-state index is 12.0. The monoisotopic (exact) mass is 273 g/mol. The molecule has 2 rings (SSSR count). The lowest BCUT2D eigenvalue weighted by Crippen LogP contribution is -2.27. The number of carbonyl (C=O) groups is 1. The van der Waals surface area contributed by atoms with Crippen molar-refractivity contribution in [3.63, 3.8) is 0 Å². The molecular weight excluding hydrogens is 254 g/mol. The fraction of sp³-hybridized carbons (Fsp3) is 0.429. The lowest BCUT2D eigenvalue weighted by molar-refractivity contribution is -0.116. The molecule has 0 saturated carbocycles. The van der Waals surface area contributed by atoms with Gasteiger partial charge < -0.3 is 0 Å². The van der Waals surface area contributed by atoms with Crippen molar-refractivity contribution < 1.29 is 4.79 Å². The topological polar surface area (TPSA) is 72.7 Å². The third kappa shape index (κ3) is 3.63. The molecule has 2 aromatic rings. The Labute approximate surface area is 118 Å². The molecule has 0 atom stereocenters. The molecule has 6 heteroatoms. The molecule has 1 amide bonds. The average molecular weight is 273 g/mol. The van der Waals surface area contributed by atoms with Crippen LogP contribution in [0.4, 0.5) is 5.95 Å². The average Bonchev–Trinajstić information content (AvgIpc) is 2.86. The second-order valence-corrected chi connectivity index (χ2v) is 5.57. The number of nitrogens with one attached hydrogen (secondary N) is 1. The third-order valence-corrected chi connectivity index (χ3v) is 2.82. The number of rotatable bonds is 4. The summed E-state index contributed by atoms with van der Waals surface area (Å²) in [6, 6.07) is 3.82. The van der Waals surface area contributed by atoms with Gasteiger partial charge in [-0.1, -0.05) is 0 Å². The summed E-state index contributed by atoms with van der Waals surface area (Å²) in [7, 11) is 0. The molecule has 2 aromatic heterocycles. The Morgan fingerprint density at radius 1 is 1.30 bits per heavy atom. The first-order valence-electron chi connectivity index (χ1n) is 6.56. The first-order chi connectivity index (χ1) is 9.47. The summed E-state index contributed by atoms with van der Waals surface area (Å²) in [6.45, 7) is 6.02. The third-order valence-electron chi connectivity index (χ3n) is 2.82. The van der Waals surface area contributed by atoms with E-state index in [1.54, 1.807) is 17.1 Å². The van der Waals surface area contributed by atoms with E-state index in [9.17, 15) is 4.79 Å². The Kier molecular flexibility index (Phi) is 4.12. The van der Waals surface area contributed by atoms with Gasteiger partial charge in [-0.05, 0) is 44.9 Å². The largest absolute Gasteiger partial charge is 0.295 e. The van der Waals surface area contributed by atoms with Crippen molar-refractivity contribution in [1.29, 1.82) is 0 Å². The molecule has 0 spiro atoms. The molecule has 0 saturated heterocycles. The summed E-state index contributed by atoms with van der Waals surface area (Å²) in [5.74, 6) is 0.414. The van der Waals surface area contributed by atoms with Crippen molar-refractivity contribution in [2.24, 2.45) is 0 Å². The molecule has 106 valence electrons. The van der Waals surface area contributed by atoms with Gasteiger partial charge in [0, 0.05) is 18.8 Å². The predicted molar refractivity (Wildman–Crippen MR) is 76.2 cm³/mol. The Balaban J connectivity index is 1.94. The molecular formula is C14H19N5O. The minimum Gasteiger partial charge on any atom is -0.295 e. The highest BCUT2D eigenvalue weighted by Crippen LogP contribution is 2.17. The lowest BCUT2D eigenvalue weighted by Gasteiger charge is -2.20. The number of hydrogen-bond donors (Lipinski definition) is 1. The van der Waals surface area contributed by atoms with Crippen LogP contribution in [0.15, 0.2) is 30.9 Å². The van der Waals surface area contributed by atoms with Gasteiger partial charge in [0.2, 0.25) is 11.9 Å². The molecule has 20 heavy (non-hydrogen) atoms. The number of anilines is 1. The van der Waals surface area contributed by atoms with Gasteiger partial charge in [-0.3, -0.25) is 15.1 Å².